The van der Waals surface area contributed by atoms with Gasteiger partial charge >= 0.3 is 0 Å². The van der Waals surface area contributed by atoms with Crippen LogP contribution in [-0.4, -0.2) is 42.5 Å². The molecule has 4 rings (SSSR count). The summed E-state index contributed by atoms with van der Waals surface area (Å²) in [6.45, 7) is 1.51. The van der Waals surface area contributed by atoms with E-state index in [1.165, 1.54) is 0 Å². The second-order valence-electron chi connectivity index (χ2n) is 6.83. The van der Waals surface area contributed by atoms with Crippen molar-refractivity contribution in [3.8, 4) is 5.75 Å². The van der Waals surface area contributed by atoms with E-state index in [2.05, 4.69) is 5.32 Å². The molecule has 2 fully saturated rings. The van der Waals surface area contributed by atoms with Crippen molar-refractivity contribution in [1.29, 1.82) is 0 Å². The highest BCUT2D eigenvalue weighted by molar-refractivity contribution is 6.01. The smallest absolute Gasteiger partial charge is 0.258 e. The number of carbonyl (C=O) groups excluding carboxylic acids is 2. The molecule has 0 aromatic heterocycles. The maximum atomic E-state index is 12.9. The van der Waals surface area contributed by atoms with E-state index in [1.807, 2.05) is 41.3 Å². The molecular formula is C20H22N2O3. The predicted octanol–water partition coefficient (Wildman–Crippen LogP) is 2.73. The van der Waals surface area contributed by atoms with E-state index in [0.717, 1.165) is 49.5 Å². The van der Waals surface area contributed by atoms with Gasteiger partial charge in [0.1, 0.15) is 5.75 Å². The lowest BCUT2D eigenvalue weighted by Gasteiger charge is -2.18. The molecule has 2 amide bonds. The van der Waals surface area contributed by atoms with Crippen LogP contribution in [0.1, 0.15) is 36.0 Å². The maximum absolute atomic E-state index is 12.9. The summed E-state index contributed by atoms with van der Waals surface area (Å²) in [5, 5.41) is 4.90. The van der Waals surface area contributed by atoms with E-state index in [9.17, 15) is 9.59 Å². The van der Waals surface area contributed by atoms with Crippen molar-refractivity contribution in [3.63, 3.8) is 0 Å². The van der Waals surface area contributed by atoms with Crippen LogP contribution in [0, 0.1) is 0 Å². The normalized spacial score (nSPS) is 16.9. The van der Waals surface area contributed by atoms with Crippen LogP contribution in [0.4, 0.5) is 0 Å². The summed E-state index contributed by atoms with van der Waals surface area (Å²) < 4.78 is 5.76. The van der Waals surface area contributed by atoms with Crippen LogP contribution in [-0.2, 0) is 4.79 Å². The molecule has 5 heteroatoms. The number of likely N-dealkylation sites (tertiary alicyclic amines) is 1. The molecule has 2 aliphatic rings. The van der Waals surface area contributed by atoms with E-state index in [4.69, 9.17) is 4.74 Å². The van der Waals surface area contributed by atoms with Crippen LogP contribution < -0.4 is 10.1 Å². The van der Waals surface area contributed by atoms with Gasteiger partial charge in [0.25, 0.3) is 11.8 Å². The largest absolute Gasteiger partial charge is 0.483 e. The highest BCUT2D eigenvalue weighted by atomic mass is 16.5. The molecule has 0 radical (unpaired) electrons. The zero-order chi connectivity index (χ0) is 17.2. The summed E-state index contributed by atoms with van der Waals surface area (Å²) in [6, 6.07) is 11.9. The van der Waals surface area contributed by atoms with E-state index >= 15 is 0 Å². The van der Waals surface area contributed by atoms with Crippen molar-refractivity contribution in [2.45, 2.75) is 31.7 Å². The van der Waals surface area contributed by atoms with E-state index < -0.39 is 0 Å². The van der Waals surface area contributed by atoms with Crippen LogP contribution in [0.3, 0.4) is 0 Å². The Labute approximate surface area is 146 Å². The summed E-state index contributed by atoms with van der Waals surface area (Å²) in [5.41, 5.74) is 0.542. The summed E-state index contributed by atoms with van der Waals surface area (Å²) in [6.07, 6.45) is 4.17. The van der Waals surface area contributed by atoms with Crippen LogP contribution in [0.2, 0.25) is 0 Å². The van der Waals surface area contributed by atoms with Crippen LogP contribution in [0.25, 0.3) is 10.8 Å². The van der Waals surface area contributed by atoms with Crippen LogP contribution in [0.5, 0.6) is 5.75 Å². The Kier molecular flexibility index (Phi) is 4.30. The number of amides is 2. The SMILES string of the molecule is O=C(COc1cc2ccccc2cc1C(=O)N1CCCC1)NC1CC1. The van der Waals surface area contributed by atoms with Crippen molar-refractivity contribution < 1.29 is 14.3 Å². The van der Waals surface area contributed by atoms with Gasteiger partial charge in [0, 0.05) is 19.1 Å². The summed E-state index contributed by atoms with van der Waals surface area (Å²) >= 11 is 0. The molecular weight excluding hydrogens is 316 g/mol. The van der Waals surface area contributed by atoms with Crippen LogP contribution in [0.15, 0.2) is 36.4 Å². The van der Waals surface area contributed by atoms with Gasteiger partial charge in [0.2, 0.25) is 0 Å². The topological polar surface area (TPSA) is 58.6 Å². The second kappa shape index (κ2) is 6.75. The molecule has 1 aliphatic heterocycles. The average Bonchev–Trinajstić information content (AvgIpc) is 3.27. The highest BCUT2D eigenvalue weighted by Gasteiger charge is 2.25. The Morgan fingerprint density at radius 1 is 1.08 bits per heavy atom. The Morgan fingerprint density at radius 3 is 2.44 bits per heavy atom. The summed E-state index contributed by atoms with van der Waals surface area (Å²) in [5.74, 6) is 0.345. The minimum atomic E-state index is -0.129. The van der Waals surface area contributed by atoms with Gasteiger partial charge in [-0.3, -0.25) is 9.59 Å². The molecule has 0 bridgehead atoms. The number of hydrogen-bond acceptors (Lipinski definition) is 3. The monoisotopic (exact) mass is 338 g/mol. The maximum Gasteiger partial charge on any atom is 0.258 e. The van der Waals surface area contributed by atoms with Gasteiger partial charge in [-0.2, -0.15) is 0 Å². The molecule has 5 nitrogen and oxygen atoms in total. The van der Waals surface area contributed by atoms with Crippen molar-refractivity contribution >= 4 is 22.6 Å². The number of ether oxygens (including phenoxy) is 1. The van der Waals surface area contributed by atoms with Crippen molar-refractivity contribution in [2.24, 2.45) is 0 Å². The number of fused-ring (bicyclic) bond motifs is 1. The van der Waals surface area contributed by atoms with Gasteiger partial charge in [-0.1, -0.05) is 24.3 Å². The first kappa shape index (κ1) is 15.9. The number of nitrogens with zero attached hydrogens (tertiary/aromatic N) is 1. The number of carbonyl (C=O) groups is 2. The summed E-state index contributed by atoms with van der Waals surface area (Å²) in [7, 11) is 0. The fourth-order valence-corrected chi connectivity index (χ4v) is 3.24. The molecule has 0 atom stereocenters. The molecule has 1 saturated carbocycles. The van der Waals surface area contributed by atoms with E-state index in [1.54, 1.807) is 0 Å². The Hall–Kier alpha value is -2.56. The van der Waals surface area contributed by atoms with Gasteiger partial charge in [0.15, 0.2) is 6.61 Å². The second-order valence-corrected chi connectivity index (χ2v) is 6.83. The van der Waals surface area contributed by atoms with Crippen molar-refractivity contribution in [3.05, 3.63) is 42.0 Å². The molecule has 25 heavy (non-hydrogen) atoms. The quantitative estimate of drug-likeness (QED) is 0.912. The Bertz CT molecular complexity index is 808. The highest BCUT2D eigenvalue weighted by Crippen LogP contribution is 2.28. The van der Waals surface area contributed by atoms with E-state index in [-0.39, 0.29) is 18.4 Å². The molecule has 130 valence electrons. The average molecular weight is 338 g/mol. The first-order chi connectivity index (χ1) is 12.2. The molecule has 0 spiro atoms. The summed E-state index contributed by atoms with van der Waals surface area (Å²) in [4.78, 5) is 26.7. The van der Waals surface area contributed by atoms with Crippen molar-refractivity contribution in [1.82, 2.24) is 10.2 Å². The first-order valence-electron chi connectivity index (χ1n) is 8.95. The standard InChI is InChI=1S/C20H22N2O3/c23-19(21-16-7-8-16)13-25-18-12-15-6-2-1-5-14(15)11-17(18)20(24)22-9-3-4-10-22/h1-2,5-6,11-12,16H,3-4,7-10,13H2,(H,21,23). The number of rotatable bonds is 5. The zero-order valence-electron chi connectivity index (χ0n) is 14.2. The number of benzene rings is 2. The fourth-order valence-electron chi connectivity index (χ4n) is 3.24. The number of hydrogen-bond donors (Lipinski definition) is 1. The van der Waals surface area contributed by atoms with Gasteiger partial charge in [-0.25, -0.2) is 0 Å². The first-order valence-corrected chi connectivity index (χ1v) is 8.95. The molecule has 1 N–H and O–H groups in total. The molecule has 2 aromatic rings. The fraction of sp³-hybridized carbons (Fsp3) is 0.400. The van der Waals surface area contributed by atoms with Gasteiger partial charge in [-0.05, 0) is 48.6 Å². The lowest BCUT2D eigenvalue weighted by atomic mass is 10.0. The third kappa shape index (κ3) is 3.60. The van der Waals surface area contributed by atoms with Crippen molar-refractivity contribution in [2.75, 3.05) is 19.7 Å². The number of nitrogens with one attached hydrogen (secondary N) is 1. The van der Waals surface area contributed by atoms with Crippen LogP contribution >= 0.6 is 0 Å². The predicted molar refractivity (Wildman–Crippen MR) is 95.7 cm³/mol. The lowest BCUT2D eigenvalue weighted by molar-refractivity contribution is -0.123. The third-order valence-corrected chi connectivity index (χ3v) is 4.77. The third-order valence-electron chi connectivity index (χ3n) is 4.77. The molecule has 0 unspecified atom stereocenters. The Balaban J connectivity index is 1.60. The Morgan fingerprint density at radius 2 is 1.76 bits per heavy atom. The lowest BCUT2D eigenvalue weighted by Crippen LogP contribution is -2.31. The minimum absolute atomic E-state index is 0.0131. The molecule has 1 saturated heterocycles. The molecule has 2 aromatic carbocycles. The van der Waals surface area contributed by atoms with Gasteiger partial charge in [-0.15, -0.1) is 0 Å². The zero-order valence-corrected chi connectivity index (χ0v) is 14.2. The van der Waals surface area contributed by atoms with Gasteiger partial charge < -0.3 is 15.0 Å². The van der Waals surface area contributed by atoms with E-state index in [0.29, 0.717) is 17.4 Å². The van der Waals surface area contributed by atoms with Gasteiger partial charge in [0.05, 0.1) is 5.56 Å². The minimum Gasteiger partial charge on any atom is -0.483 e. The molecule has 1 heterocycles. The molecule has 1 aliphatic carbocycles.